The molecular weight excluding hydrogens is 416 g/mol. The van der Waals surface area contributed by atoms with Crippen LogP contribution in [0.2, 0.25) is 0 Å². The summed E-state index contributed by atoms with van der Waals surface area (Å²) in [5, 5.41) is 16.7. The SMILES string of the molecule is Cc1nn(Cc2ccccc2)c(C)c1CNC(=O)Cn1c(-c2cccs2)n[nH]c1=S. The summed E-state index contributed by atoms with van der Waals surface area (Å²) in [7, 11) is 0. The Labute approximate surface area is 183 Å². The van der Waals surface area contributed by atoms with E-state index in [2.05, 4.69) is 32.7 Å². The smallest absolute Gasteiger partial charge is 0.240 e. The lowest BCUT2D eigenvalue weighted by atomic mass is 10.2. The van der Waals surface area contributed by atoms with Crippen molar-refractivity contribution in [1.82, 2.24) is 29.9 Å². The first-order valence-electron chi connectivity index (χ1n) is 9.55. The van der Waals surface area contributed by atoms with E-state index in [9.17, 15) is 4.79 Å². The van der Waals surface area contributed by atoms with Crippen molar-refractivity contribution >= 4 is 29.5 Å². The van der Waals surface area contributed by atoms with Crippen LogP contribution in [0.5, 0.6) is 0 Å². The van der Waals surface area contributed by atoms with E-state index in [1.165, 1.54) is 5.56 Å². The summed E-state index contributed by atoms with van der Waals surface area (Å²) in [5.41, 5.74) is 4.20. The molecule has 7 nitrogen and oxygen atoms in total. The van der Waals surface area contributed by atoms with Crippen molar-refractivity contribution in [2.45, 2.75) is 33.5 Å². The summed E-state index contributed by atoms with van der Waals surface area (Å²) in [5.74, 6) is 0.549. The van der Waals surface area contributed by atoms with Gasteiger partial charge in [-0.3, -0.25) is 19.1 Å². The average Bonchev–Trinajstić information content (AvgIpc) is 3.44. The number of hydrogen-bond donors (Lipinski definition) is 2. The van der Waals surface area contributed by atoms with E-state index >= 15 is 0 Å². The van der Waals surface area contributed by atoms with Crippen LogP contribution >= 0.6 is 23.6 Å². The van der Waals surface area contributed by atoms with Crippen LogP contribution in [0.4, 0.5) is 0 Å². The number of hydrogen-bond acceptors (Lipinski definition) is 5. The molecule has 0 bridgehead atoms. The highest BCUT2D eigenvalue weighted by atomic mass is 32.1. The van der Waals surface area contributed by atoms with Crippen molar-refractivity contribution in [2.75, 3.05) is 0 Å². The molecule has 0 aliphatic carbocycles. The average molecular weight is 439 g/mol. The van der Waals surface area contributed by atoms with Crippen molar-refractivity contribution in [1.29, 1.82) is 0 Å². The molecule has 0 aliphatic rings. The van der Waals surface area contributed by atoms with Gasteiger partial charge in [-0.2, -0.15) is 10.2 Å². The zero-order valence-corrected chi connectivity index (χ0v) is 18.4. The molecular formula is C21H22N6OS2. The van der Waals surface area contributed by atoms with Crippen LogP contribution in [-0.2, 0) is 24.4 Å². The number of aromatic nitrogens is 5. The number of carbonyl (C=O) groups is 1. The van der Waals surface area contributed by atoms with Crippen molar-refractivity contribution in [2.24, 2.45) is 0 Å². The molecule has 3 aromatic heterocycles. The van der Waals surface area contributed by atoms with Gasteiger partial charge in [0.1, 0.15) is 6.54 Å². The third-order valence-electron chi connectivity index (χ3n) is 4.97. The van der Waals surface area contributed by atoms with Crippen LogP contribution in [0.15, 0.2) is 47.8 Å². The summed E-state index contributed by atoms with van der Waals surface area (Å²) in [6.45, 7) is 5.24. The van der Waals surface area contributed by atoms with Gasteiger partial charge in [0.2, 0.25) is 5.91 Å². The number of carbonyl (C=O) groups excluding carboxylic acids is 1. The second-order valence-corrected chi connectivity index (χ2v) is 8.32. The van der Waals surface area contributed by atoms with Crippen molar-refractivity contribution in [3.63, 3.8) is 0 Å². The fourth-order valence-electron chi connectivity index (χ4n) is 3.34. The number of amides is 1. The minimum atomic E-state index is -0.125. The first-order valence-corrected chi connectivity index (χ1v) is 10.8. The van der Waals surface area contributed by atoms with Gasteiger partial charge in [0.05, 0.1) is 17.1 Å². The Morgan fingerprint density at radius 3 is 2.73 bits per heavy atom. The molecule has 9 heteroatoms. The van der Waals surface area contributed by atoms with Crippen molar-refractivity contribution in [3.8, 4) is 10.7 Å². The van der Waals surface area contributed by atoms with E-state index in [1.54, 1.807) is 15.9 Å². The lowest BCUT2D eigenvalue weighted by Crippen LogP contribution is -2.28. The van der Waals surface area contributed by atoms with E-state index in [4.69, 9.17) is 12.2 Å². The summed E-state index contributed by atoms with van der Waals surface area (Å²) < 4.78 is 4.12. The number of aromatic amines is 1. The van der Waals surface area contributed by atoms with E-state index in [0.717, 1.165) is 21.8 Å². The summed E-state index contributed by atoms with van der Waals surface area (Å²) >= 11 is 6.86. The molecule has 1 aromatic carbocycles. The number of thiophene rings is 1. The van der Waals surface area contributed by atoms with Gasteiger partial charge in [-0.15, -0.1) is 11.3 Å². The minimum absolute atomic E-state index is 0.110. The molecule has 0 radical (unpaired) electrons. The van der Waals surface area contributed by atoms with Gasteiger partial charge in [0.25, 0.3) is 0 Å². The quantitative estimate of drug-likeness (QED) is 0.430. The fraction of sp³-hybridized carbons (Fsp3) is 0.238. The topological polar surface area (TPSA) is 80.5 Å². The highest BCUT2D eigenvalue weighted by Gasteiger charge is 2.15. The van der Waals surface area contributed by atoms with Gasteiger partial charge in [0, 0.05) is 17.8 Å². The molecule has 0 aliphatic heterocycles. The molecule has 0 atom stereocenters. The Morgan fingerprint density at radius 1 is 1.20 bits per heavy atom. The van der Waals surface area contributed by atoms with E-state index < -0.39 is 0 Å². The number of H-pyrrole nitrogens is 1. The van der Waals surface area contributed by atoms with E-state index in [1.807, 2.05) is 54.2 Å². The molecule has 30 heavy (non-hydrogen) atoms. The van der Waals surface area contributed by atoms with E-state index in [-0.39, 0.29) is 12.5 Å². The van der Waals surface area contributed by atoms with Crippen LogP contribution in [0.1, 0.15) is 22.5 Å². The number of nitrogens with zero attached hydrogens (tertiary/aromatic N) is 4. The van der Waals surface area contributed by atoms with Crippen LogP contribution < -0.4 is 5.32 Å². The Morgan fingerprint density at radius 2 is 2.00 bits per heavy atom. The molecule has 4 aromatic rings. The minimum Gasteiger partial charge on any atom is -0.350 e. The van der Waals surface area contributed by atoms with Crippen LogP contribution in [-0.4, -0.2) is 30.5 Å². The van der Waals surface area contributed by atoms with Gasteiger partial charge in [-0.1, -0.05) is 36.4 Å². The fourth-order valence-corrected chi connectivity index (χ4v) is 4.26. The maximum absolute atomic E-state index is 12.6. The number of benzene rings is 1. The molecule has 0 fully saturated rings. The third kappa shape index (κ3) is 4.27. The molecule has 2 N–H and O–H groups in total. The maximum Gasteiger partial charge on any atom is 0.240 e. The van der Waals surface area contributed by atoms with Crippen molar-refractivity contribution < 1.29 is 4.79 Å². The molecule has 0 spiro atoms. The van der Waals surface area contributed by atoms with Gasteiger partial charge >= 0.3 is 0 Å². The second-order valence-electron chi connectivity index (χ2n) is 6.99. The molecule has 0 unspecified atom stereocenters. The zero-order valence-electron chi connectivity index (χ0n) is 16.8. The highest BCUT2D eigenvalue weighted by Crippen LogP contribution is 2.22. The Bertz CT molecular complexity index is 1200. The van der Waals surface area contributed by atoms with Crippen LogP contribution in [0.3, 0.4) is 0 Å². The first-order chi connectivity index (χ1) is 14.5. The Kier molecular flexibility index (Phi) is 5.91. The van der Waals surface area contributed by atoms with Crippen LogP contribution in [0.25, 0.3) is 10.7 Å². The molecule has 154 valence electrons. The van der Waals surface area contributed by atoms with Gasteiger partial charge in [-0.25, -0.2) is 0 Å². The highest BCUT2D eigenvalue weighted by molar-refractivity contribution is 7.71. The summed E-state index contributed by atoms with van der Waals surface area (Å²) in [6, 6.07) is 14.1. The summed E-state index contributed by atoms with van der Waals surface area (Å²) in [4.78, 5) is 13.6. The predicted molar refractivity (Wildman–Crippen MR) is 120 cm³/mol. The molecule has 1 amide bonds. The first kappa shape index (κ1) is 20.2. The standard InChI is InChI=1S/C21H22N6OS2/c1-14-17(15(2)27(25-14)12-16-7-4-3-5-8-16)11-22-19(28)13-26-20(23-24-21(26)29)18-9-6-10-30-18/h3-10H,11-13H2,1-2H3,(H,22,28)(H,24,29). The van der Waals surface area contributed by atoms with Crippen molar-refractivity contribution in [3.05, 3.63) is 75.1 Å². The van der Waals surface area contributed by atoms with Gasteiger partial charge in [-0.05, 0) is 43.1 Å². The monoisotopic (exact) mass is 438 g/mol. The largest absolute Gasteiger partial charge is 0.350 e. The molecule has 4 rings (SSSR count). The number of nitrogens with one attached hydrogen (secondary N) is 2. The number of aryl methyl sites for hydroxylation is 1. The summed E-state index contributed by atoms with van der Waals surface area (Å²) in [6.07, 6.45) is 0. The zero-order chi connectivity index (χ0) is 21.1. The normalized spacial score (nSPS) is 11.0. The predicted octanol–water partition coefficient (Wildman–Crippen LogP) is 3.85. The molecule has 3 heterocycles. The molecule has 0 saturated carbocycles. The lowest BCUT2D eigenvalue weighted by Gasteiger charge is -2.09. The van der Waals surface area contributed by atoms with E-state index in [0.29, 0.717) is 23.7 Å². The lowest BCUT2D eigenvalue weighted by molar-refractivity contribution is -0.121. The maximum atomic E-state index is 12.6. The Balaban J connectivity index is 1.44. The third-order valence-corrected chi connectivity index (χ3v) is 6.15. The van der Waals surface area contributed by atoms with Crippen LogP contribution in [0, 0.1) is 18.6 Å². The van der Waals surface area contributed by atoms with Gasteiger partial charge < -0.3 is 5.32 Å². The number of rotatable bonds is 7. The second kappa shape index (κ2) is 8.76. The molecule has 0 saturated heterocycles. The Hall–Kier alpha value is -3.04. The van der Waals surface area contributed by atoms with Gasteiger partial charge in [0.15, 0.2) is 10.6 Å².